The Bertz CT molecular complexity index is 315. The van der Waals surface area contributed by atoms with Gasteiger partial charge in [0, 0.05) is 19.1 Å². The van der Waals surface area contributed by atoms with Gasteiger partial charge in [-0.3, -0.25) is 0 Å². The molecule has 17 heavy (non-hydrogen) atoms. The Balaban J connectivity index is 2.40. The van der Waals surface area contributed by atoms with Crippen LogP contribution in [-0.2, 0) is 10.0 Å². The van der Waals surface area contributed by atoms with Crippen LogP contribution in [0.2, 0.25) is 0 Å². The molecular weight excluding hydrogens is 240 g/mol. The van der Waals surface area contributed by atoms with Crippen LogP contribution in [0.1, 0.15) is 26.2 Å². The SMILES string of the molecule is CCC(CO)NCC1CCCN(S(C)(=O)=O)C1. The van der Waals surface area contributed by atoms with Crippen LogP contribution in [0.3, 0.4) is 0 Å². The molecule has 1 fully saturated rings. The predicted octanol–water partition coefficient (Wildman–Crippen LogP) is 0.0185. The van der Waals surface area contributed by atoms with Crippen LogP contribution < -0.4 is 5.32 Å². The minimum Gasteiger partial charge on any atom is -0.395 e. The van der Waals surface area contributed by atoms with E-state index in [0.29, 0.717) is 19.0 Å². The highest BCUT2D eigenvalue weighted by Crippen LogP contribution is 2.18. The van der Waals surface area contributed by atoms with Crippen molar-refractivity contribution in [3.8, 4) is 0 Å². The number of nitrogens with zero attached hydrogens (tertiary/aromatic N) is 1. The van der Waals surface area contributed by atoms with E-state index in [4.69, 9.17) is 5.11 Å². The van der Waals surface area contributed by atoms with Crippen molar-refractivity contribution in [2.45, 2.75) is 32.2 Å². The Morgan fingerprint density at radius 3 is 2.76 bits per heavy atom. The third-order valence-electron chi connectivity index (χ3n) is 3.36. The molecule has 2 N–H and O–H groups in total. The smallest absolute Gasteiger partial charge is 0.211 e. The zero-order valence-corrected chi connectivity index (χ0v) is 11.5. The number of hydrogen-bond acceptors (Lipinski definition) is 4. The number of aliphatic hydroxyl groups excluding tert-OH is 1. The monoisotopic (exact) mass is 264 g/mol. The third kappa shape index (κ3) is 4.91. The van der Waals surface area contributed by atoms with Gasteiger partial charge in [0.15, 0.2) is 0 Å². The first-order valence-corrected chi connectivity index (χ1v) is 8.11. The molecule has 6 heteroatoms. The van der Waals surface area contributed by atoms with Crippen molar-refractivity contribution in [2.24, 2.45) is 5.92 Å². The van der Waals surface area contributed by atoms with Gasteiger partial charge in [0.2, 0.25) is 10.0 Å². The van der Waals surface area contributed by atoms with Crippen molar-refractivity contribution in [2.75, 3.05) is 32.5 Å². The Hall–Kier alpha value is -0.170. The first kappa shape index (κ1) is 14.9. The zero-order valence-electron chi connectivity index (χ0n) is 10.7. The third-order valence-corrected chi connectivity index (χ3v) is 4.63. The molecule has 0 saturated carbocycles. The molecule has 0 bridgehead atoms. The number of rotatable bonds is 6. The second-order valence-corrected chi connectivity index (χ2v) is 6.81. The molecule has 1 saturated heterocycles. The summed E-state index contributed by atoms with van der Waals surface area (Å²) in [6.07, 6.45) is 4.14. The Morgan fingerprint density at radius 1 is 1.53 bits per heavy atom. The number of piperidine rings is 1. The second-order valence-electron chi connectivity index (χ2n) is 4.83. The van der Waals surface area contributed by atoms with E-state index in [2.05, 4.69) is 5.32 Å². The van der Waals surface area contributed by atoms with Gasteiger partial charge in [-0.1, -0.05) is 6.92 Å². The van der Waals surface area contributed by atoms with Crippen LogP contribution in [0.25, 0.3) is 0 Å². The van der Waals surface area contributed by atoms with Crippen LogP contribution in [0, 0.1) is 5.92 Å². The standard InChI is InChI=1S/C11H24N2O3S/c1-3-11(9-14)12-7-10-5-4-6-13(8-10)17(2,15)16/h10-12,14H,3-9H2,1-2H3. The highest BCUT2D eigenvalue weighted by molar-refractivity contribution is 7.88. The van der Waals surface area contributed by atoms with Crippen LogP contribution in [0.15, 0.2) is 0 Å². The highest BCUT2D eigenvalue weighted by Gasteiger charge is 2.25. The van der Waals surface area contributed by atoms with E-state index >= 15 is 0 Å². The number of sulfonamides is 1. The topological polar surface area (TPSA) is 69.6 Å². The van der Waals surface area contributed by atoms with E-state index < -0.39 is 10.0 Å². The maximum atomic E-state index is 11.4. The van der Waals surface area contributed by atoms with Crippen LogP contribution in [-0.4, -0.2) is 56.4 Å². The molecule has 0 amide bonds. The summed E-state index contributed by atoms with van der Waals surface area (Å²) in [5, 5.41) is 12.4. The normalized spacial score (nSPS) is 24.8. The molecule has 0 aliphatic carbocycles. The minimum absolute atomic E-state index is 0.128. The van der Waals surface area contributed by atoms with Gasteiger partial charge >= 0.3 is 0 Å². The van der Waals surface area contributed by atoms with E-state index in [1.54, 1.807) is 4.31 Å². The fourth-order valence-electron chi connectivity index (χ4n) is 2.17. The molecule has 1 aliphatic rings. The average Bonchev–Trinajstić information content (AvgIpc) is 2.30. The minimum atomic E-state index is -3.05. The van der Waals surface area contributed by atoms with Crippen molar-refractivity contribution >= 4 is 10.0 Å². The van der Waals surface area contributed by atoms with Crippen LogP contribution in [0.5, 0.6) is 0 Å². The van der Waals surface area contributed by atoms with E-state index in [9.17, 15) is 8.42 Å². The fourth-order valence-corrected chi connectivity index (χ4v) is 3.11. The molecular formula is C11H24N2O3S. The van der Waals surface area contributed by atoms with Gasteiger partial charge in [-0.2, -0.15) is 0 Å². The van der Waals surface area contributed by atoms with E-state index in [1.807, 2.05) is 6.92 Å². The summed E-state index contributed by atoms with van der Waals surface area (Å²) in [5.41, 5.74) is 0. The van der Waals surface area contributed by atoms with Gasteiger partial charge in [-0.05, 0) is 31.7 Å². The van der Waals surface area contributed by atoms with Crippen molar-refractivity contribution in [1.82, 2.24) is 9.62 Å². The number of aliphatic hydroxyl groups is 1. The average molecular weight is 264 g/mol. The number of nitrogens with one attached hydrogen (secondary N) is 1. The largest absolute Gasteiger partial charge is 0.395 e. The molecule has 102 valence electrons. The lowest BCUT2D eigenvalue weighted by molar-refractivity contribution is 0.214. The molecule has 1 aliphatic heterocycles. The number of hydrogen-bond donors (Lipinski definition) is 2. The molecule has 1 rings (SSSR count). The summed E-state index contributed by atoms with van der Waals surface area (Å²) in [4.78, 5) is 0. The van der Waals surface area contributed by atoms with Gasteiger partial charge in [0.25, 0.3) is 0 Å². The molecule has 2 unspecified atom stereocenters. The maximum absolute atomic E-state index is 11.4. The summed E-state index contributed by atoms with van der Waals surface area (Å²) in [6.45, 7) is 4.20. The fraction of sp³-hybridized carbons (Fsp3) is 1.00. The van der Waals surface area contributed by atoms with Crippen molar-refractivity contribution in [3.63, 3.8) is 0 Å². The predicted molar refractivity (Wildman–Crippen MR) is 68.3 cm³/mol. The van der Waals surface area contributed by atoms with Gasteiger partial charge in [0.05, 0.1) is 12.9 Å². The molecule has 2 atom stereocenters. The molecule has 0 aromatic carbocycles. The Kier molecular flexibility index (Phi) is 5.85. The van der Waals surface area contributed by atoms with Crippen LogP contribution in [0.4, 0.5) is 0 Å². The maximum Gasteiger partial charge on any atom is 0.211 e. The first-order chi connectivity index (χ1) is 7.97. The van der Waals surface area contributed by atoms with E-state index in [-0.39, 0.29) is 12.6 Å². The van der Waals surface area contributed by atoms with Crippen molar-refractivity contribution in [1.29, 1.82) is 0 Å². The Morgan fingerprint density at radius 2 is 2.24 bits per heavy atom. The summed E-state index contributed by atoms with van der Waals surface area (Å²) >= 11 is 0. The summed E-state index contributed by atoms with van der Waals surface area (Å²) in [5.74, 6) is 0.360. The molecule has 1 heterocycles. The molecule has 0 radical (unpaired) electrons. The highest BCUT2D eigenvalue weighted by atomic mass is 32.2. The van der Waals surface area contributed by atoms with E-state index in [1.165, 1.54) is 6.26 Å². The lowest BCUT2D eigenvalue weighted by Gasteiger charge is -2.31. The quantitative estimate of drug-likeness (QED) is 0.709. The second kappa shape index (κ2) is 6.68. The van der Waals surface area contributed by atoms with Crippen molar-refractivity contribution < 1.29 is 13.5 Å². The van der Waals surface area contributed by atoms with Gasteiger partial charge in [-0.25, -0.2) is 12.7 Å². The molecule has 5 nitrogen and oxygen atoms in total. The summed E-state index contributed by atoms with van der Waals surface area (Å²) in [7, 11) is -3.05. The summed E-state index contributed by atoms with van der Waals surface area (Å²) < 4.78 is 24.5. The Labute approximate surface area is 104 Å². The van der Waals surface area contributed by atoms with Gasteiger partial charge in [0.1, 0.15) is 0 Å². The van der Waals surface area contributed by atoms with E-state index in [0.717, 1.165) is 25.8 Å². The lowest BCUT2D eigenvalue weighted by Crippen LogP contribution is -2.44. The molecule has 0 aromatic heterocycles. The van der Waals surface area contributed by atoms with Gasteiger partial charge in [-0.15, -0.1) is 0 Å². The zero-order chi connectivity index (χ0) is 12.9. The molecule has 0 aromatic rings. The van der Waals surface area contributed by atoms with Gasteiger partial charge < -0.3 is 10.4 Å². The van der Waals surface area contributed by atoms with Crippen LogP contribution >= 0.6 is 0 Å². The lowest BCUT2D eigenvalue weighted by atomic mass is 9.99. The molecule has 0 spiro atoms. The first-order valence-electron chi connectivity index (χ1n) is 6.26. The summed E-state index contributed by atoms with van der Waals surface area (Å²) in [6, 6.07) is 0.128. The van der Waals surface area contributed by atoms with Crippen molar-refractivity contribution in [3.05, 3.63) is 0 Å².